The van der Waals surface area contributed by atoms with E-state index in [9.17, 15) is 4.79 Å². The molecule has 0 saturated carbocycles. The molecule has 6 heteroatoms. The summed E-state index contributed by atoms with van der Waals surface area (Å²) in [6.45, 7) is 3.89. The van der Waals surface area contributed by atoms with E-state index in [1.807, 2.05) is 68.4 Å². The van der Waals surface area contributed by atoms with Crippen molar-refractivity contribution < 1.29 is 4.79 Å². The molecule has 0 fully saturated rings. The number of rotatable bonds is 4. The van der Waals surface area contributed by atoms with E-state index < -0.39 is 0 Å². The van der Waals surface area contributed by atoms with Gasteiger partial charge in [0, 0.05) is 44.5 Å². The molecule has 1 aromatic heterocycles. The molecule has 0 unspecified atom stereocenters. The van der Waals surface area contributed by atoms with Gasteiger partial charge in [0.1, 0.15) is 0 Å². The van der Waals surface area contributed by atoms with Crippen molar-refractivity contribution in [1.29, 1.82) is 0 Å². The zero-order valence-corrected chi connectivity index (χ0v) is 21.3. The van der Waals surface area contributed by atoms with Crippen LogP contribution in [0.25, 0.3) is 22.0 Å². The number of carbonyl (C=O) groups excluding carboxylic acids is 1. The van der Waals surface area contributed by atoms with E-state index in [4.69, 9.17) is 21.7 Å². The number of aryl methyl sites for hydroxylation is 1. The normalized spacial score (nSPS) is 15.6. The monoisotopic (exact) mass is 531 g/mol. The molecule has 1 atom stereocenters. The summed E-state index contributed by atoms with van der Waals surface area (Å²) in [6.07, 6.45) is 1.00. The molecule has 34 heavy (non-hydrogen) atoms. The van der Waals surface area contributed by atoms with E-state index in [0.717, 1.165) is 49.0 Å². The first kappa shape index (κ1) is 22.8. The molecule has 4 aromatic rings. The Kier molecular flexibility index (Phi) is 6.24. The second-order valence-electron chi connectivity index (χ2n) is 8.38. The number of para-hydroxylation sites is 1. The van der Waals surface area contributed by atoms with Gasteiger partial charge in [-0.05, 0) is 48.4 Å². The van der Waals surface area contributed by atoms with Gasteiger partial charge in [0.05, 0.1) is 17.3 Å². The van der Waals surface area contributed by atoms with Crippen molar-refractivity contribution >= 4 is 50.1 Å². The Morgan fingerprint density at radius 3 is 2.56 bits per heavy atom. The standard InChI is InChI=1S/C28H23BrClN3O/c1-3-26(34)33-25(19-7-6-8-20(29)15-19)16-24(32-33)27-17(2)31-23-10-5-4-9-22(23)28(27)18-11-13-21(30)14-12-18/h4-15,25H,3,16H2,1-2H3/t25-/m0/s1. The topological polar surface area (TPSA) is 45.6 Å². The van der Waals surface area contributed by atoms with Crippen LogP contribution in [-0.2, 0) is 4.79 Å². The van der Waals surface area contributed by atoms with Crippen LogP contribution in [0.1, 0.15) is 42.6 Å². The fourth-order valence-electron chi connectivity index (χ4n) is 4.63. The van der Waals surface area contributed by atoms with Crippen LogP contribution in [0.4, 0.5) is 0 Å². The summed E-state index contributed by atoms with van der Waals surface area (Å²) in [5.74, 6) is -0.000537. The number of hydrogen-bond acceptors (Lipinski definition) is 3. The van der Waals surface area contributed by atoms with E-state index in [0.29, 0.717) is 17.9 Å². The highest BCUT2D eigenvalue weighted by atomic mass is 79.9. The Morgan fingerprint density at radius 2 is 1.82 bits per heavy atom. The quantitative estimate of drug-likeness (QED) is 0.270. The molecule has 0 aliphatic carbocycles. The van der Waals surface area contributed by atoms with Crippen molar-refractivity contribution in [2.24, 2.45) is 5.10 Å². The van der Waals surface area contributed by atoms with Crippen LogP contribution in [0.3, 0.4) is 0 Å². The number of benzene rings is 3. The Balaban J connectivity index is 1.72. The largest absolute Gasteiger partial charge is 0.273 e. The van der Waals surface area contributed by atoms with Gasteiger partial charge in [-0.25, -0.2) is 5.01 Å². The Labute approximate surface area is 212 Å². The minimum atomic E-state index is -0.163. The minimum Gasteiger partial charge on any atom is -0.273 e. The van der Waals surface area contributed by atoms with Crippen LogP contribution in [0.15, 0.2) is 82.4 Å². The SMILES string of the molecule is CCC(=O)N1N=C(c2c(C)nc3ccccc3c2-c2ccc(Cl)cc2)C[C@H]1c1cccc(Br)c1. The third-order valence-electron chi connectivity index (χ3n) is 6.20. The molecular formula is C28H23BrClN3O. The van der Waals surface area contributed by atoms with Gasteiger partial charge in [0.2, 0.25) is 5.91 Å². The van der Waals surface area contributed by atoms with E-state index >= 15 is 0 Å². The van der Waals surface area contributed by atoms with Crippen molar-refractivity contribution in [2.75, 3.05) is 0 Å². The molecule has 1 amide bonds. The van der Waals surface area contributed by atoms with Gasteiger partial charge in [0.25, 0.3) is 0 Å². The van der Waals surface area contributed by atoms with Crippen LogP contribution in [0.5, 0.6) is 0 Å². The maximum Gasteiger partial charge on any atom is 0.242 e. The van der Waals surface area contributed by atoms with Crippen LogP contribution in [-0.4, -0.2) is 21.6 Å². The number of aromatic nitrogens is 1. The fourth-order valence-corrected chi connectivity index (χ4v) is 5.17. The third-order valence-corrected chi connectivity index (χ3v) is 6.94. The first-order chi connectivity index (χ1) is 16.5. The molecular weight excluding hydrogens is 510 g/mol. The number of carbonyl (C=O) groups is 1. The first-order valence-electron chi connectivity index (χ1n) is 11.3. The first-order valence-corrected chi connectivity index (χ1v) is 12.4. The number of hydrazone groups is 1. The van der Waals surface area contributed by atoms with Crippen LogP contribution in [0, 0.1) is 6.92 Å². The number of halogens is 2. The van der Waals surface area contributed by atoms with Crippen LogP contribution >= 0.6 is 27.5 Å². The van der Waals surface area contributed by atoms with Crippen molar-refractivity contribution in [3.63, 3.8) is 0 Å². The summed E-state index contributed by atoms with van der Waals surface area (Å²) in [6, 6.07) is 23.9. The van der Waals surface area contributed by atoms with Crippen LogP contribution < -0.4 is 0 Å². The van der Waals surface area contributed by atoms with Gasteiger partial charge >= 0.3 is 0 Å². The molecule has 5 rings (SSSR count). The summed E-state index contributed by atoms with van der Waals surface area (Å²) >= 11 is 9.77. The molecule has 3 aromatic carbocycles. The van der Waals surface area contributed by atoms with Crippen molar-refractivity contribution in [2.45, 2.75) is 32.7 Å². The molecule has 2 heterocycles. The summed E-state index contributed by atoms with van der Waals surface area (Å²) in [5, 5.41) is 8.29. The number of pyridine rings is 1. The molecule has 1 aliphatic rings. The molecule has 0 N–H and O–H groups in total. The zero-order chi connectivity index (χ0) is 23.8. The maximum absolute atomic E-state index is 12.9. The Hall–Kier alpha value is -3.02. The second kappa shape index (κ2) is 9.32. The smallest absolute Gasteiger partial charge is 0.242 e. The van der Waals surface area contributed by atoms with E-state index in [-0.39, 0.29) is 11.9 Å². The second-order valence-corrected chi connectivity index (χ2v) is 9.74. The van der Waals surface area contributed by atoms with Crippen molar-refractivity contribution in [1.82, 2.24) is 9.99 Å². The molecule has 0 bridgehead atoms. The molecule has 1 aliphatic heterocycles. The number of hydrogen-bond donors (Lipinski definition) is 0. The van der Waals surface area contributed by atoms with E-state index in [2.05, 4.69) is 34.1 Å². The van der Waals surface area contributed by atoms with E-state index in [1.165, 1.54) is 0 Å². The minimum absolute atomic E-state index is 0.000537. The average Bonchev–Trinajstić information content (AvgIpc) is 3.28. The van der Waals surface area contributed by atoms with Gasteiger partial charge in [-0.3, -0.25) is 9.78 Å². The number of amides is 1. The predicted molar refractivity (Wildman–Crippen MR) is 142 cm³/mol. The molecule has 170 valence electrons. The highest BCUT2D eigenvalue weighted by molar-refractivity contribution is 9.10. The zero-order valence-electron chi connectivity index (χ0n) is 18.9. The lowest BCUT2D eigenvalue weighted by Crippen LogP contribution is -2.26. The molecule has 0 spiro atoms. The van der Waals surface area contributed by atoms with Gasteiger partial charge < -0.3 is 0 Å². The molecule has 0 radical (unpaired) electrons. The highest BCUT2D eigenvalue weighted by Crippen LogP contribution is 2.40. The summed E-state index contributed by atoms with van der Waals surface area (Å²) in [7, 11) is 0. The van der Waals surface area contributed by atoms with E-state index in [1.54, 1.807) is 5.01 Å². The lowest BCUT2D eigenvalue weighted by molar-refractivity contribution is -0.132. The fraction of sp³-hybridized carbons (Fsp3) is 0.179. The van der Waals surface area contributed by atoms with Crippen molar-refractivity contribution in [3.05, 3.63) is 99.1 Å². The van der Waals surface area contributed by atoms with Gasteiger partial charge in [-0.1, -0.05) is 76.9 Å². The predicted octanol–water partition coefficient (Wildman–Crippen LogP) is 7.71. The lowest BCUT2D eigenvalue weighted by Gasteiger charge is -2.21. The summed E-state index contributed by atoms with van der Waals surface area (Å²) in [5.41, 5.74) is 6.83. The van der Waals surface area contributed by atoms with Gasteiger partial charge in [0.15, 0.2) is 0 Å². The van der Waals surface area contributed by atoms with Gasteiger partial charge in [-0.2, -0.15) is 5.10 Å². The third kappa shape index (κ3) is 4.15. The summed E-state index contributed by atoms with van der Waals surface area (Å²) < 4.78 is 0.979. The average molecular weight is 533 g/mol. The summed E-state index contributed by atoms with van der Waals surface area (Å²) in [4.78, 5) is 17.8. The molecule has 0 saturated heterocycles. The molecule has 4 nitrogen and oxygen atoms in total. The highest BCUT2D eigenvalue weighted by Gasteiger charge is 2.34. The number of nitrogens with zero attached hydrogens (tertiary/aromatic N) is 3. The lowest BCUT2D eigenvalue weighted by atomic mass is 9.89. The maximum atomic E-state index is 12.9. The van der Waals surface area contributed by atoms with Crippen molar-refractivity contribution in [3.8, 4) is 11.1 Å². The Bertz CT molecular complexity index is 1430. The Morgan fingerprint density at radius 1 is 1.06 bits per heavy atom. The van der Waals surface area contributed by atoms with Gasteiger partial charge in [-0.15, -0.1) is 0 Å². The number of fused-ring (bicyclic) bond motifs is 1. The van der Waals surface area contributed by atoms with Crippen LogP contribution in [0.2, 0.25) is 5.02 Å².